The summed E-state index contributed by atoms with van der Waals surface area (Å²) in [5, 5.41) is 5.15. The van der Waals surface area contributed by atoms with Gasteiger partial charge in [-0.1, -0.05) is 13.0 Å². The highest BCUT2D eigenvalue weighted by molar-refractivity contribution is 7.99. The maximum absolute atomic E-state index is 13.1. The van der Waals surface area contributed by atoms with Gasteiger partial charge in [0.1, 0.15) is 16.7 Å². The molecule has 0 unspecified atom stereocenters. The van der Waals surface area contributed by atoms with Crippen LogP contribution in [0.3, 0.4) is 0 Å². The maximum Gasteiger partial charge on any atom is 0.128 e. The van der Waals surface area contributed by atoms with Crippen molar-refractivity contribution in [2.45, 2.75) is 11.9 Å². The topological polar surface area (TPSA) is 43.8 Å². The van der Waals surface area contributed by atoms with Gasteiger partial charge < -0.3 is 5.73 Å². The Morgan fingerprint density at radius 2 is 2.25 bits per heavy atom. The summed E-state index contributed by atoms with van der Waals surface area (Å²) >= 11 is 1.60. The minimum Gasteiger partial charge on any atom is -0.384 e. The van der Waals surface area contributed by atoms with Gasteiger partial charge in [0.25, 0.3) is 0 Å². The van der Waals surface area contributed by atoms with Crippen LogP contribution >= 0.6 is 11.8 Å². The van der Waals surface area contributed by atoms with Crippen molar-refractivity contribution in [3.05, 3.63) is 36.1 Å². The van der Waals surface area contributed by atoms with Crippen molar-refractivity contribution >= 4 is 17.6 Å². The number of benzene rings is 1. The van der Waals surface area contributed by atoms with Gasteiger partial charge in [0.2, 0.25) is 0 Å². The van der Waals surface area contributed by atoms with E-state index < -0.39 is 0 Å². The molecule has 0 aliphatic rings. The summed E-state index contributed by atoms with van der Waals surface area (Å²) in [4.78, 5) is 0. The van der Waals surface area contributed by atoms with Crippen LogP contribution in [0.2, 0.25) is 0 Å². The van der Waals surface area contributed by atoms with Gasteiger partial charge >= 0.3 is 0 Å². The first-order valence-corrected chi connectivity index (χ1v) is 5.93. The molecule has 16 heavy (non-hydrogen) atoms. The first-order valence-electron chi connectivity index (χ1n) is 4.95. The lowest BCUT2D eigenvalue weighted by Crippen LogP contribution is -2.01. The summed E-state index contributed by atoms with van der Waals surface area (Å²) in [6.45, 7) is 2.04. The van der Waals surface area contributed by atoms with E-state index in [0.717, 1.165) is 10.8 Å². The number of nitrogen functional groups attached to an aromatic ring is 1. The molecule has 1 aromatic carbocycles. The molecule has 84 valence electrons. The molecule has 1 heterocycles. The first kappa shape index (κ1) is 11.0. The summed E-state index contributed by atoms with van der Waals surface area (Å²) in [6.07, 6.45) is 0. The number of hydrogen-bond donors (Lipinski definition) is 1. The van der Waals surface area contributed by atoms with Crippen LogP contribution in [0.1, 0.15) is 6.92 Å². The fourth-order valence-corrected chi connectivity index (χ4v) is 2.05. The molecule has 0 atom stereocenters. The van der Waals surface area contributed by atoms with Crippen LogP contribution in [-0.2, 0) is 0 Å². The van der Waals surface area contributed by atoms with E-state index in [0.29, 0.717) is 11.5 Å². The molecule has 1 aromatic heterocycles. The van der Waals surface area contributed by atoms with Gasteiger partial charge in [-0.15, -0.1) is 11.8 Å². The number of nitrogens with two attached hydrogens (primary N) is 1. The lowest BCUT2D eigenvalue weighted by Gasteiger charge is -2.03. The molecule has 0 aliphatic carbocycles. The Hall–Kier alpha value is -1.49. The average molecular weight is 237 g/mol. The van der Waals surface area contributed by atoms with Gasteiger partial charge in [0, 0.05) is 6.07 Å². The van der Waals surface area contributed by atoms with Crippen molar-refractivity contribution < 1.29 is 4.39 Å². The Labute approximate surface area is 97.5 Å². The molecule has 2 rings (SSSR count). The number of nitrogens with zero attached hydrogens (tertiary/aromatic N) is 2. The zero-order valence-electron chi connectivity index (χ0n) is 8.85. The second kappa shape index (κ2) is 4.57. The van der Waals surface area contributed by atoms with Crippen LogP contribution in [0.25, 0.3) is 5.69 Å². The molecule has 2 aromatic rings. The lowest BCUT2D eigenvalue weighted by atomic mass is 10.3. The summed E-state index contributed by atoms with van der Waals surface area (Å²) in [7, 11) is 0. The van der Waals surface area contributed by atoms with Gasteiger partial charge in [-0.2, -0.15) is 5.10 Å². The number of halogens is 1. The fourth-order valence-electron chi connectivity index (χ4n) is 1.41. The lowest BCUT2D eigenvalue weighted by molar-refractivity contribution is 0.625. The molecule has 2 N–H and O–H groups in total. The summed E-state index contributed by atoms with van der Waals surface area (Å²) in [5.74, 6) is 1.15. The smallest absolute Gasteiger partial charge is 0.128 e. The van der Waals surface area contributed by atoms with E-state index in [4.69, 9.17) is 5.73 Å². The number of hydrogen-bond acceptors (Lipinski definition) is 3. The quantitative estimate of drug-likeness (QED) is 0.835. The summed E-state index contributed by atoms with van der Waals surface area (Å²) in [5.41, 5.74) is 6.46. The minimum atomic E-state index is -0.294. The third kappa shape index (κ3) is 2.19. The second-order valence-corrected chi connectivity index (χ2v) is 4.52. The van der Waals surface area contributed by atoms with Crippen LogP contribution in [0, 0.1) is 5.82 Å². The average Bonchev–Trinajstić information content (AvgIpc) is 2.60. The highest BCUT2D eigenvalue weighted by Gasteiger charge is 2.07. The molecule has 0 bridgehead atoms. The molecule has 0 aliphatic heterocycles. The Morgan fingerprint density at radius 1 is 1.44 bits per heavy atom. The van der Waals surface area contributed by atoms with E-state index in [1.807, 2.05) is 6.92 Å². The Kier molecular flexibility index (Phi) is 3.14. The molecular formula is C11H12FN3S. The highest BCUT2D eigenvalue weighted by atomic mass is 32.2. The van der Waals surface area contributed by atoms with Gasteiger partial charge in [0.15, 0.2) is 0 Å². The van der Waals surface area contributed by atoms with Crippen LogP contribution < -0.4 is 5.73 Å². The van der Waals surface area contributed by atoms with Crippen molar-refractivity contribution in [3.63, 3.8) is 0 Å². The molecule has 5 heteroatoms. The van der Waals surface area contributed by atoms with E-state index >= 15 is 0 Å². The largest absolute Gasteiger partial charge is 0.384 e. The highest BCUT2D eigenvalue weighted by Crippen LogP contribution is 2.21. The minimum absolute atomic E-state index is 0.294. The Bertz CT molecular complexity index is 496. The SMILES string of the molecule is CCSc1cc(N)n(-c2cccc(F)c2)n1. The molecule has 0 saturated heterocycles. The van der Waals surface area contributed by atoms with Crippen LogP contribution in [0.15, 0.2) is 35.4 Å². The predicted octanol–water partition coefficient (Wildman–Crippen LogP) is 2.71. The molecule has 0 saturated carbocycles. The molecular weight excluding hydrogens is 225 g/mol. The monoisotopic (exact) mass is 237 g/mol. The van der Waals surface area contributed by atoms with Gasteiger partial charge in [-0.3, -0.25) is 0 Å². The van der Waals surface area contributed by atoms with Crippen LogP contribution in [0.4, 0.5) is 10.2 Å². The van der Waals surface area contributed by atoms with Crippen molar-refractivity contribution in [2.75, 3.05) is 11.5 Å². The Morgan fingerprint density at radius 3 is 2.94 bits per heavy atom. The molecule has 0 radical (unpaired) electrons. The summed E-state index contributed by atoms with van der Waals surface area (Å²) < 4.78 is 14.6. The summed E-state index contributed by atoms with van der Waals surface area (Å²) in [6, 6.07) is 8.00. The number of thioether (sulfide) groups is 1. The number of anilines is 1. The second-order valence-electron chi connectivity index (χ2n) is 3.23. The van der Waals surface area contributed by atoms with Gasteiger partial charge in [0.05, 0.1) is 5.69 Å². The van der Waals surface area contributed by atoms with E-state index in [2.05, 4.69) is 5.10 Å². The van der Waals surface area contributed by atoms with E-state index in [9.17, 15) is 4.39 Å². The molecule has 0 fully saturated rings. The normalized spacial score (nSPS) is 10.6. The van der Waals surface area contributed by atoms with E-state index in [-0.39, 0.29) is 5.82 Å². The molecule has 0 amide bonds. The zero-order valence-corrected chi connectivity index (χ0v) is 9.67. The van der Waals surface area contributed by atoms with Crippen LogP contribution in [-0.4, -0.2) is 15.5 Å². The maximum atomic E-state index is 13.1. The number of rotatable bonds is 3. The zero-order chi connectivity index (χ0) is 11.5. The van der Waals surface area contributed by atoms with Gasteiger partial charge in [-0.25, -0.2) is 9.07 Å². The third-order valence-electron chi connectivity index (χ3n) is 2.06. The van der Waals surface area contributed by atoms with Crippen LogP contribution in [0.5, 0.6) is 0 Å². The molecule has 0 spiro atoms. The first-order chi connectivity index (χ1) is 7.70. The predicted molar refractivity (Wildman–Crippen MR) is 64.3 cm³/mol. The van der Waals surface area contributed by atoms with Crippen molar-refractivity contribution in [2.24, 2.45) is 0 Å². The fraction of sp³-hybridized carbons (Fsp3) is 0.182. The van der Waals surface area contributed by atoms with Crippen molar-refractivity contribution in [3.8, 4) is 5.69 Å². The molecule has 3 nitrogen and oxygen atoms in total. The Balaban J connectivity index is 2.40. The number of aromatic nitrogens is 2. The van der Waals surface area contributed by atoms with Gasteiger partial charge in [-0.05, 0) is 24.0 Å². The van der Waals surface area contributed by atoms with Crippen molar-refractivity contribution in [1.82, 2.24) is 9.78 Å². The third-order valence-corrected chi connectivity index (χ3v) is 2.84. The van der Waals surface area contributed by atoms with E-state index in [1.54, 1.807) is 34.6 Å². The van der Waals surface area contributed by atoms with Crippen molar-refractivity contribution in [1.29, 1.82) is 0 Å². The van der Waals surface area contributed by atoms with E-state index in [1.165, 1.54) is 12.1 Å². The standard InChI is InChI=1S/C11H12FN3S/c1-2-16-11-7-10(13)15(14-11)9-5-3-4-8(12)6-9/h3-7H,2,13H2,1H3.